The van der Waals surface area contributed by atoms with Gasteiger partial charge in [-0.15, -0.1) is 0 Å². The zero-order chi connectivity index (χ0) is 16.8. The molecule has 0 spiro atoms. The molecule has 7 heteroatoms. The first kappa shape index (κ1) is 14.9. The van der Waals surface area contributed by atoms with Crippen LogP contribution in [-0.4, -0.2) is 32.1 Å². The summed E-state index contributed by atoms with van der Waals surface area (Å²) in [6.07, 6.45) is 0. The normalized spacial score (nSPS) is 15.8. The zero-order valence-corrected chi connectivity index (χ0v) is 12.6. The van der Waals surface area contributed by atoms with Crippen molar-refractivity contribution in [1.29, 1.82) is 0 Å². The van der Waals surface area contributed by atoms with Crippen LogP contribution in [0.25, 0.3) is 0 Å². The quantitative estimate of drug-likeness (QED) is 0.752. The van der Waals surface area contributed by atoms with Crippen molar-refractivity contribution >= 4 is 17.3 Å². The Morgan fingerprint density at radius 2 is 1.83 bits per heavy atom. The number of rotatable bonds is 1. The highest BCUT2D eigenvalue weighted by atomic mass is 19.2. The lowest BCUT2D eigenvalue weighted by atomic mass is 10.1. The van der Waals surface area contributed by atoms with Crippen LogP contribution in [0.1, 0.15) is 10.4 Å². The molecule has 2 aromatic rings. The van der Waals surface area contributed by atoms with Crippen LogP contribution in [0.5, 0.6) is 5.75 Å². The first-order chi connectivity index (χ1) is 11.6. The minimum atomic E-state index is -1.64. The molecule has 2 aromatic carbocycles. The van der Waals surface area contributed by atoms with Gasteiger partial charge in [0.1, 0.15) is 18.0 Å². The number of carbonyl (C=O) groups is 1. The SMILES string of the molecule is O=C(c1ccc(F)c(F)c1F)N1CCN2CCOc3cccc1c32. The highest BCUT2D eigenvalue weighted by molar-refractivity contribution is 6.09. The maximum atomic E-state index is 14.0. The second-order valence-corrected chi connectivity index (χ2v) is 5.64. The van der Waals surface area contributed by atoms with Crippen molar-refractivity contribution in [3.8, 4) is 5.75 Å². The molecule has 0 N–H and O–H groups in total. The van der Waals surface area contributed by atoms with Gasteiger partial charge in [0.2, 0.25) is 0 Å². The van der Waals surface area contributed by atoms with E-state index in [1.54, 1.807) is 18.2 Å². The third-order valence-electron chi connectivity index (χ3n) is 4.31. The summed E-state index contributed by atoms with van der Waals surface area (Å²) in [7, 11) is 0. The average Bonchev–Trinajstić information content (AvgIpc) is 2.60. The molecular formula is C17H13F3N2O2. The number of amides is 1. The highest BCUT2D eigenvalue weighted by Gasteiger charge is 2.33. The van der Waals surface area contributed by atoms with Crippen molar-refractivity contribution < 1.29 is 22.7 Å². The molecule has 0 saturated heterocycles. The number of ether oxygens (including phenoxy) is 1. The van der Waals surface area contributed by atoms with E-state index in [-0.39, 0.29) is 0 Å². The summed E-state index contributed by atoms with van der Waals surface area (Å²) < 4.78 is 46.1. The summed E-state index contributed by atoms with van der Waals surface area (Å²) in [4.78, 5) is 16.2. The minimum absolute atomic E-state index is 0.327. The van der Waals surface area contributed by atoms with Crippen molar-refractivity contribution in [3.63, 3.8) is 0 Å². The van der Waals surface area contributed by atoms with Crippen LogP contribution in [0, 0.1) is 17.5 Å². The van der Waals surface area contributed by atoms with E-state index in [0.717, 1.165) is 17.8 Å². The molecular weight excluding hydrogens is 321 g/mol. The average molecular weight is 334 g/mol. The maximum Gasteiger partial charge on any atom is 0.261 e. The van der Waals surface area contributed by atoms with Crippen LogP contribution in [0.3, 0.4) is 0 Å². The number of halogens is 3. The van der Waals surface area contributed by atoms with Gasteiger partial charge >= 0.3 is 0 Å². The molecule has 0 aromatic heterocycles. The summed E-state index contributed by atoms with van der Waals surface area (Å²) in [6.45, 7) is 2.14. The molecule has 0 saturated carbocycles. The van der Waals surface area contributed by atoms with Gasteiger partial charge < -0.3 is 14.5 Å². The fraction of sp³-hybridized carbons (Fsp3) is 0.235. The van der Waals surface area contributed by atoms with Crippen LogP contribution in [0.2, 0.25) is 0 Å². The van der Waals surface area contributed by atoms with Gasteiger partial charge in [0.25, 0.3) is 5.91 Å². The Balaban J connectivity index is 1.78. The third kappa shape index (κ3) is 2.11. The Kier molecular flexibility index (Phi) is 3.37. The maximum absolute atomic E-state index is 14.0. The molecule has 2 heterocycles. The van der Waals surface area contributed by atoms with Crippen molar-refractivity contribution in [3.05, 3.63) is 53.3 Å². The van der Waals surface area contributed by atoms with Crippen LogP contribution in [0.15, 0.2) is 30.3 Å². The molecule has 0 atom stereocenters. The Labute approximate surface area is 136 Å². The Hall–Kier alpha value is -2.70. The molecule has 4 nitrogen and oxygen atoms in total. The first-order valence-electron chi connectivity index (χ1n) is 7.54. The molecule has 2 aliphatic rings. The van der Waals surface area contributed by atoms with Gasteiger partial charge in [-0.2, -0.15) is 0 Å². The topological polar surface area (TPSA) is 32.8 Å². The monoisotopic (exact) mass is 334 g/mol. The van der Waals surface area contributed by atoms with Gasteiger partial charge in [-0.1, -0.05) is 6.07 Å². The van der Waals surface area contributed by atoms with E-state index in [1.807, 2.05) is 0 Å². The van der Waals surface area contributed by atoms with E-state index in [0.29, 0.717) is 37.7 Å². The van der Waals surface area contributed by atoms with Crippen molar-refractivity contribution in [2.24, 2.45) is 0 Å². The van der Waals surface area contributed by atoms with E-state index >= 15 is 0 Å². The molecule has 0 unspecified atom stereocenters. The zero-order valence-electron chi connectivity index (χ0n) is 12.6. The lowest BCUT2D eigenvalue weighted by Crippen LogP contribution is -2.47. The molecule has 4 rings (SSSR count). The minimum Gasteiger partial charge on any atom is -0.489 e. The standard InChI is InChI=1S/C17H13F3N2O2/c18-11-5-4-10(14(19)15(11)20)17(23)22-7-6-21-8-9-24-13-3-1-2-12(22)16(13)21/h1-5H,6-9H2. The number of benzene rings is 2. The Morgan fingerprint density at radius 1 is 1.00 bits per heavy atom. The van der Waals surface area contributed by atoms with Gasteiger partial charge in [-0.25, -0.2) is 13.2 Å². The molecule has 0 bridgehead atoms. The van der Waals surface area contributed by atoms with E-state index in [2.05, 4.69) is 4.90 Å². The molecule has 1 amide bonds. The van der Waals surface area contributed by atoms with E-state index in [4.69, 9.17) is 4.74 Å². The van der Waals surface area contributed by atoms with Crippen LogP contribution >= 0.6 is 0 Å². The molecule has 0 aliphatic carbocycles. The van der Waals surface area contributed by atoms with Crippen molar-refractivity contribution in [1.82, 2.24) is 0 Å². The Bertz CT molecular complexity index is 841. The number of nitrogens with zero attached hydrogens (tertiary/aromatic N) is 2. The largest absolute Gasteiger partial charge is 0.489 e. The van der Waals surface area contributed by atoms with E-state index in [9.17, 15) is 18.0 Å². The van der Waals surface area contributed by atoms with Crippen molar-refractivity contribution in [2.45, 2.75) is 0 Å². The number of anilines is 2. The van der Waals surface area contributed by atoms with E-state index in [1.165, 1.54) is 4.90 Å². The lowest BCUT2D eigenvalue weighted by Gasteiger charge is -2.41. The van der Waals surface area contributed by atoms with E-state index < -0.39 is 28.9 Å². The second kappa shape index (κ2) is 5.43. The van der Waals surface area contributed by atoms with Gasteiger partial charge in [0.05, 0.1) is 17.8 Å². The number of para-hydroxylation sites is 1. The molecule has 0 radical (unpaired) electrons. The number of carbonyl (C=O) groups excluding carboxylic acids is 1. The molecule has 0 fully saturated rings. The smallest absolute Gasteiger partial charge is 0.261 e. The predicted molar refractivity (Wildman–Crippen MR) is 82.1 cm³/mol. The second-order valence-electron chi connectivity index (χ2n) is 5.64. The summed E-state index contributed by atoms with van der Waals surface area (Å²) in [5, 5.41) is 0. The van der Waals surface area contributed by atoms with Crippen LogP contribution in [-0.2, 0) is 0 Å². The van der Waals surface area contributed by atoms with Gasteiger partial charge in [-0.05, 0) is 24.3 Å². The van der Waals surface area contributed by atoms with Crippen LogP contribution in [0.4, 0.5) is 24.5 Å². The highest BCUT2D eigenvalue weighted by Crippen LogP contribution is 2.43. The lowest BCUT2D eigenvalue weighted by molar-refractivity contribution is 0.0981. The summed E-state index contributed by atoms with van der Waals surface area (Å²) in [6, 6.07) is 7.00. The fourth-order valence-corrected chi connectivity index (χ4v) is 3.15. The van der Waals surface area contributed by atoms with Gasteiger partial charge in [0.15, 0.2) is 17.5 Å². The third-order valence-corrected chi connectivity index (χ3v) is 4.31. The Morgan fingerprint density at radius 3 is 2.67 bits per heavy atom. The van der Waals surface area contributed by atoms with Crippen LogP contribution < -0.4 is 14.5 Å². The number of hydrogen-bond acceptors (Lipinski definition) is 3. The number of hydrogen-bond donors (Lipinski definition) is 0. The molecule has 24 heavy (non-hydrogen) atoms. The summed E-state index contributed by atoms with van der Waals surface area (Å²) in [5.74, 6) is -4.48. The fourth-order valence-electron chi connectivity index (χ4n) is 3.15. The summed E-state index contributed by atoms with van der Waals surface area (Å²) >= 11 is 0. The van der Waals surface area contributed by atoms with Gasteiger partial charge in [0, 0.05) is 13.1 Å². The molecule has 124 valence electrons. The predicted octanol–water partition coefficient (Wildman–Crippen LogP) is 2.96. The molecule has 2 aliphatic heterocycles. The van der Waals surface area contributed by atoms with Crippen molar-refractivity contribution in [2.75, 3.05) is 36.0 Å². The summed E-state index contributed by atoms with van der Waals surface area (Å²) in [5.41, 5.74) is 0.857. The first-order valence-corrected chi connectivity index (χ1v) is 7.54. The van der Waals surface area contributed by atoms with Gasteiger partial charge in [-0.3, -0.25) is 4.79 Å².